The van der Waals surface area contributed by atoms with Crippen molar-refractivity contribution in [2.75, 3.05) is 7.11 Å². The Kier molecular flexibility index (Phi) is 4.35. The van der Waals surface area contributed by atoms with Crippen LogP contribution in [0.15, 0.2) is 24.3 Å². The number of para-hydroxylation sites is 1. The van der Waals surface area contributed by atoms with Gasteiger partial charge >= 0.3 is 0 Å². The van der Waals surface area contributed by atoms with Crippen molar-refractivity contribution in [2.45, 2.75) is 26.7 Å². The van der Waals surface area contributed by atoms with Gasteiger partial charge in [0.05, 0.1) is 7.11 Å². The Morgan fingerprint density at radius 2 is 2.00 bits per heavy atom. The third-order valence-corrected chi connectivity index (χ3v) is 2.48. The molecule has 1 rings (SSSR count). The van der Waals surface area contributed by atoms with Crippen LogP contribution < -0.4 is 4.74 Å². The van der Waals surface area contributed by atoms with E-state index in [4.69, 9.17) is 4.74 Å². The van der Waals surface area contributed by atoms with E-state index in [0.29, 0.717) is 12.2 Å². The maximum atomic E-state index is 11.5. The van der Waals surface area contributed by atoms with Crippen LogP contribution in [0.5, 0.6) is 5.75 Å². The van der Waals surface area contributed by atoms with E-state index in [2.05, 4.69) is 0 Å². The minimum Gasteiger partial charge on any atom is -0.496 e. The molecule has 0 heterocycles. The fourth-order valence-corrected chi connectivity index (χ4v) is 1.46. The average Bonchev–Trinajstić information content (AvgIpc) is 2.26. The zero-order chi connectivity index (χ0) is 11.3. The van der Waals surface area contributed by atoms with Crippen LogP contribution in [0.2, 0.25) is 0 Å². The summed E-state index contributed by atoms with van der Waals surface area (Å²) >= 11 is 0. The van der Waals surface area contributed by atoms with E-state index in [1.165, 1.54) is 0 Å². The number of ether oxygens (including phenoxy) is 1. The molecule has 0 saturated heterocycles. The molecule has 0 amide bonds. The maximum Gasteiger partial charge on any atom is 0.135 e. The van der Waals surface area contributed by atoms with E-state index < -0.39 is 0 Å². The van der Waals surface area contributed by atoms with Gasteiger partial charge in [0, 0.05) is 12.3 Å². The summed E-state index contributed by atoms with van der Waals surface area (Å²) in [5.74, 6) is 1.30. The molecule has 0 N–H and O–H groups in total. The number of aryl methyl sites for hydroxylation is 1. The topological polar surface area (TPSA) is 26.3 Å². The van der Waals surface area contributed by atoms with Gasteiger partial charge in [-0.05, 0) is 18.1 Å². The molecule has 1 aromatic carbocycles. The summed E-state index contributed by atoms with van der Waals surface area (Å²) in [5, 5.41) is 0. The number of methoxy groups -OCH3 is 1. The first kappa shape index (κ1) is 11.8. The minimum absolute atomic E-state index is 0.125. The smallest absolute Gasteiger partial charge is 0.135 e. The van der Waals surface area contributed by atoms with Crippen LogP contribution in [-0.2, 0) is 11.2 Å². The molecule has 0 aliphatic heterocycles. The van der Waals surface area contributed by atoms with Gasteiger partial charge in [0.15, 0.2) is 0 Å². The Morgan fingerprint density at radius 1 is 1.33 bits per heavy atom. The number of Topliss-reactive ketones (excluding diaryl/α,β-unsaturated/α-hetero) is 1. The first-order chi connectivity index (χ1) is 7.15. The SMILES string of the molecule is COc1ccccc1CCC(=O)C(C)C. The number of hydrogen-bond donors (Lipinski definition) is 0. The second-order valence-corrected chi connectivity index (χ2v) is 3.93. The molecular formula is C13H18O2. The van der Waals surface area contributed by atoms with Crippen molar-refractivity contribution >= 4 is 5.78 Å². The van der Waals surface area contributed by atoms with E-state index >= 15 is 0 Å². The highest BCUT2D eigenvalue weighted by atomic mass is 16.5. The molecule has 0 aliphatic rings. The van der Waals surface area contributed by atoms with E-state index in [0.717, 1.165) is 17.7 Å². The molecule has 2 heteroatoms. The van der Waals surface area contributed by atoms with Gasteiger partial charge < -0.3 is 4.74 Å². The molecule has 0 spiro atoms. The molecule has 15 heavy (non-hydrogen) atoms. The summed E-state index contributed by atoms with van der Waals surface area (Å²) in [4.78, 5) is 11.5. The number of hydrogen-bond acceptors (Lipinski definition) is 2. The highest BCUT2D eigenvalue weighted by Crippen LogP contribution is 2.19. The van der Waals surface area contributed by atoms with Crippen LogP contribution in [0.3, 0.4) is 0 Å². The normalized spacial score (nSPS) is 10.4. The fourth-order valence-electron chi connectivity index (χ4n) is 1.46. The lowest BCUT2D eigenvalue weighted by molar-refractivity contribution is -0.121. The standard InChI is InChI=1S/C13H18O2/c1-10(2)12(14)9-8-11-6-4-5-7-13(11)15-3/h4-7,10H,8-9H2,1-3H3. The summed E-state index contributed by atoms with van der Waals surface area (Å²) in [6.45, 7) is 3.87. The molecule has 0 atom stereocenters. The van der Waals surface area contributed by atoms with Crippen LogP contribution in [0, 0.1) is 5.92 Å². The lowest BCUT2D eigenvalue weighted by Crippen LogP contribution is -2.08. The van der Waals surface area contributed by atoms with Crippen molar-refractivity contribution in [3.63, 3.8) is 0 Å². The number of carbonyl (C=O) groups is 1. The number of rotatable bonds is 5. The lowest BCUT2D eigenvalue weighted by Gasteiger charge is -2.08. The minimum atomic E-state index is 0.125. The van der Waals surface area contributed by atoms with Crippen LogP contribution in [0.25, 0.3) is 0 Å². The Labute approximate surface area is 91.3 Å². The van der Waals surface area contributed by atoms with Gasteiger partial charge in [-0.15, -0.1) is 0 Å². The van der Waals surface area contributed by atoms with Gasteiger partial charge in [0.25, 0.3) is 0 Å². The molecule has 0 saturated carbocycles. The summed E-state index contributed by atoms with van der Waals surface area (Å²) in [7, 11) is 1.66. The Balaban J connectivity index is 2.61. The van der Waals surface area contributed by atoms with Crippen LogP contribution in [0.1, 0.15) is 25.8 Å². The molecule has 0 bridgehead atoms. The van der Waals surface area contributed by atoms with E-state index in [9.17, 15) is 4.79 Å². The third-order valence-electron chi connectivity index (χ3n) is 2.48. The van der Waals surface area contributed by atoms with Crippen LogP contribution in [0.4, 0.5) is 0 Å². The maximum absolute atomic E-state index is 11.5. The van der Waals surface area contributed by atoms with Crippen molar-refractivity contribution in [1.29, 1.82) is 0 Å². The molecule has 82 valence electrons. The Bertz CT molecular complexity index is 329. The largest absolute Gasteiger partial charge is 0.496 e. The summed E-state index contributed by atoms with van der Waals surface area (Å²) in [6, 6.07) is 7.84. The summed E-state index contributed by atoms with van der Waals surface area (Å²) in [5.41, 5.74) is 1.11. The fraction of sp³-hybridized carbons (Fsp3) is 0.462. The predicted octanol–water partition coefficient (Wildman–Crippen LogP) is 2.85. The second kappa shape index (κ2) is 5.54. The first-order valence-electron chi connectivity index (χ1n) is 5.29. The monoisotopic (exact) mass is 206 g/mol. The van der Waals surface area contributed by atoms with Gasteiger partial charge in [-0.3, -0.25) is 4.79 Å². The zero-order valence-corrected chi connectivity index (χ0v) is 9.62. The third kappa shape index (κ3) is 3.39. The van der Waals surface area contributed by atoms with Crippen molar-refractivity contribution in [3.8, 4) is 5.75 Å². The quantitative estimate of drug-likeness (QED) is 0.740. The molecule has 0 radical (unpaired) electrons. The van der Waals surface area contributed by atoms with Crippen molar-refractivity contribution in [2.24, 2.45) is 5.92 Å². The highest BCUT2D eigenvalue weighted by molar-refractivity contribution is 5.80. The summed E-state index contributed by atoms with van der Waals surface area (Å²) in [6.07, 6.45) is 1.36. The van der Waals surface area contributed by atoms with Gasteiger partial charge in [0.1, 0.15) is 11.5 Å². The van der Waals surface area contributed by atoms with Crippen molar-refractivity contribution in [3.05, 3.63) is 29.8 Å². The van der Waals surface area contributed by atoms with Crippen molar-refractivity contribution in [1.82, 2.24) is 0 Å². The number of benzene rings is 1. The van der Waals surface area contributed by atoms with E-state index in [1.807, 2.05) is 38.1 Å². The predicted molar refractivity (Wildman–Crippen MR) is 61.2 cm³/mol. The molecule has 0 aliphatic carbocycles. The molecular weight excluding hydrogens is 188 g/mol. The van der Waals surface area contributed by atoms with Crippen LogP contribution >= 0.6 is 0 Å². The molecule has 0 unspecified atom stereocenters. The van der Waals surface area contributed by atoms with Gasteiger partial charge in [-0.1, -0.05) is 32.0 Å². The molecule has 0 aromatic heterocycles. The second-order valence-electron chi connectivity index (χ2n) is 3.93. The van der Waals surface area contributed by atoms with Gasteiger partial charge in [-0.2, -0.15) is 0 Å². The number of carbonyl (C=O) groups excluding carboxylic acids is 1. The first-order valence-corrected chi connectivity index (χ1v) is 5.29. The van der Waals surface area contributed by atoms with E-state index in [-0.39, 0.29) is 5.92 Å². The Hall–Kier alpha value is -1.31. The van der Waals surface area contributed by atoms with Crippen molar-refractivity contribution < 1.29 is 9.53 Å². The Morgan fingerprint density at radius 3 is 2.60 bits per heavy atom. The average molecular weight is 206 g/mol. The van der Waals surface area contributed by atoms with Gasteiger partial charge in [-0.25, -0.2) is 0 Å². The molecule has 1 aromatic rings. The summed E-state index contributed by atoms with van der Waals surface area (Å²) < 4.78 is 5.23. The van der Waals surface area contributed by atoms with E-state index in [1.54, 1.807) is 7.11 Å². The molecule has 2 nitrogen and oxygen atoms in total. The lowest BCUT2D eigenvalue weighted by atomic mass is 10.0. The molecule has 0 fully saturated rings. The highest BCUT2D eigenvalue weighted by Gasteiger charge is 2.09. The van der Waals surface area contributed by atoms with Crippen LogP contribution in [-0.4, -0.2) is 12.9 Å². The number of ketones is 1. The zero-order valence-electron chi connectivity index (χ0n) is 9.62. The van der Waals surface area contributed by atoms with Gasteiger partial charge in [0.2, 0.25) is 0 Å².